The Morgan fingerprint density at radius 1 is 0.919 bits per heavy atom. The summed E-state index contributed by atoms with van der Waals surface area (Å²) in [7, 11) is 0. The summed E-state index contributed by atoms with van der Waals surface area (Å²) in [5.41, 5.74) is 2.86. The smallest absolute Gasteiger partial charge is 0.341 e. The topological polar surface area (TPSA) is 184 Å². The number of carboxylic acid groups (broad SMARTS) is 1. The van der Waals surface area contributed by atoms with Crippen LogP contribution in [0.15, 0.2) is 47.3 Å². The molecule has 0 bridgehead atoms. The van der Waals surface area contributed by atoms with Crippen LogP contribution < -0.4 is 21.9 Å². The summed E-state index contributed by atoms with van der Waals surface area (Å²) in [6, 6.07) is 10.9. The quantitative estimate of drug-likeness (QED) is 0.223. The van der Waals surface area contributed by atoms with E-state index in [-0.39, 0.29) is 21.6 Å². The first-order valence-corrected chi connectivity index (χ1v) is 11.5. The molecule has 1 heterocycles. The summed E-state index contributed by atoms with van der Waals surface area (Å²) in [5.74, 6) is -6.30. The lowest BCUT2D eigenvalue weighted by molar-refractivity contribution is -0.139. The molecule has 2 aromatic carbocycles. The summed E-state index contributed by atoms with van der Waals surface area (Å²) >= 11 is 18.4. The molecule has 0 spiro atoms. The average Bonchev–Trinajstić information content (AvgIpc) is 2.82. The number of aromatic nitrogens is 1. The number of nitrogens with zero attached hydrogens (tertiary/aromatic N) is 1. The van der Waals surface area contributed by atoms with Crippen molar-refractivity contribution in [3.8, 4) is 11.6 Å². The molecule has 37 heavy (non-hydrogen) atoms. The molecule has 0 aliphatic rings. The molecule has 1 aromatic heterocycles. The van der Waals surface area contributed by atoms with Crippen molar-refractivity contribution in [3.63, 3.8) is 0 Å². The van der Waals surface area contributed by atoms with Crippen molar-refractivity contribution in [2.24, 2.45) is 5.73 Å². The molecule has 14 heteroatoms. The third kappa shape index (κ3) is 5.97. The zero-order chi connectivity index (χ0) is 27.4. The van der Waals surface area contributed by atoms with E-state index in [2.05, 4.69) is 5.32 Å². The second-order valence-electron chi connectivity index (χ2n) is 7.58. The minimum atomic E-state index is -1.93. The number of carbonyl (C=O) groups is 3. The summed E-state index contributed by atoms with van der Waals surface area (Å²) in [6.07, 6.45) is -1.93. The van der Waals surface area contributed by atoms with Crippen LogP contribution in [-0.2, 0) is 17.9 Å². The van der Waals surface area contributed by atoms with Crippen LogP contribution in [0, 0.1) is 0 Å². The van der Waals surface area contributed by atoms with Gasteiger partial charge in [0.05, 0.1) is 6.54 Å². The van der Waals surface area contributed by atoms with E-state index in [9.17, 15) is 29.4 Å². The number of amides is 2. The number of carboxylic acids is 1. The largest absolute Gasteiger partial charge is 0.506 e. The Morgan fingerprint density at radius 3 is 2.11 bits per heavy atom. The number of nitrogens with one attached hydrogen (secondary N) is 2. The number of aromatic hydroxyl groups is 2. The average molecular weight is 570 g/mol. The summed E-state index contributed by atoms with van der Waals surface area (Å²) in [6.45, 7) is -0.655. The van der Waals surface area contributed by atoms with E-state index in [4.69, 9.17) is 45.6 Å². The number of pyridine rings is 1. The van der Waals surface area contributed by atoms with Gasteiger partial charge in [0.1, 0.15) is 11.1 Å². The van der Waals surface area contributed by atoms with Crippen LogP contribution in [0.2, 0.25) is 15.1 Å². The first-order chi connectivity index (χ1) is 17.4. The number of hydrogen-bond donors (Lipinski definition) is 6. The van der Waals surface area contributed by atoms with E-state index < -0.39 is 58.8 Å². The Kier molecular flexibility index (Phi) is 8.66. The second kappa shape index (κ2) is 11.5. The third-order valence-corrected chi connectivity index (χ3v) is 6.27. The van der Waals surface area contributed by atoms with Crippen LogP contribution in [0.5, 0.6) is 11.6 Å². The van der Waals surface area contributed by atoms with Gasteiger partial charge in [-0.1, -0.05) is 59.1 Å². The van der Waals surface area contributed by atoms with Crippen LogP contribution in [0.3, 0.4) is 0 Å². The second-order valence-corrected chi connectivity index (χ2v) is 8.80. The maximum atomic E-state index is 13.1. The monoisotopic (exact) mass is 568 g/mol. The van der Waals surface area contributed by atoms with E-state index >= 15 is 0 Å². The Labute approximate surface area is 224 Å². The Hall–Kier alpha value is -3.77. The van der Waals surface area contributed by atoms with Crippen LogP contribution in [0.25, 0.3) is 0 Å². The molecule has 194 valence electrons. The normalized spacial score (nSPS) is 11.6. The highest BCUT2D eigenvalue weighted by Gasteiger charge is 2.31. The van der Waals surface area contributed by atoms with Gasteiger partial charge in [-0.15, -0.1) is 0 Å². The molecule has 0 aliphatic carbocycles. The van der Waals surface area contributed by atoms with Gasteiger partial charge in [0.15, 0.2) is 11.9 Å². The molecule has 2 amide bonds. The maximum absolute atomic E-state index is 13.1. The van der Waals surface area contributed by atoms with Crippen LogP contribution in [0.1, 0.15) is 31.8 Å². The Morgan fingerprint density at radius 2 is 1.51 bits per heavy atom. The van der Waals surface area contributed by atoms with Gasteiger partial charge in [-0.2, -0.15) is 0 Å². The molecule has 3 rings (SSSR count). The standard InChI is InChI=1S/C23H19Cl3N4O7/c24-12-5-2-1-4-10(12)9-30-21(34)15(19(32)28-8-11-13(25)6-3-7-14(11)26)17(31)16(22(30)35)20(33)29-18(27)23(36)37/h1-7,18,31,34H,8-9,27H2,(H,28,32)(H,29,33)(H,36,37). The van der Waals surface area contributed by atoms with Crippen molar-refractivity contribution < 1.29 is 29.7 Å². The molecule has 0 fully saturated rings. The minimum Gasteiger partial charge on any atom is -0.506 e. The molecule has 0 radical (unpaired) electrons. The number of rotatable bonds is 8. The molecule has 7 N–H and O–H groups in total. The molecule has 1 unspecified atom stereocenters. The number of aliphatic carboxylic acids is 1. The molecular weight excluding hydrogens is 551 g/mol. The zero-order valence-electron chi connectivity index (χ0n) is 18.7. The van der Waals surface area contributed by atoms with Gasteiger partial charge < -0.3 is 31.7 Å². The lowest BCUT2D eigenvalue weighted by atomic mass is 10.1. The highest BCUT2D eigenvalue weighted by molar-refractivity contribution is 6.36. The van der Waals surface area contributed by atoms with Gasteiger partial charge in [-0.3, -0.25) is 19.0 Å². The Balaban J connectivity index is 2.12. The third-order valence-electron chi connectivity index (χ3n) is 5.19. The first-order valence-electron chi connectivity index (χ1n) is 10.4. The molecule has 3 aromatic rings. The fourth-order valence-electron chi connectivity index (χ4n) is 3.29. The number of carbonyl (C=O) groups excluding carboxylic acids is 2. The van der Waals surface area contributed by atoms with Crippen molar-refractivity contribution in [1.82, 2.24) is 15.2 Å². The van der Waals surface area contributed by atoms with Crippen molar-refractivity contribution >= 4 is 52.6 Å². The predicted molar refractivity (Wildman–Crippen MR) is 135 cm³/mol. The lowest BCUT2D eigenvalue weighted by Crippen LogP contribution is -2.49. The molecule has 0 saturated carbocycles. The highest BCUT2D eigenvalue weighted by Crippen LogP contribution is 2.30. The first kappa shape index (κ1) is 27.8. The van der Waals surface area contributed by atoms with Gasteiger partial charge in [0.2, 0.25) is 5.88 Å². The maximum Gasteiger partial charge on any atom is 0.341 e. The van der Waals surface area contributed by atoms with Crippen molar-refractivity contribution in [2.45, 2.75) is 19.3 Å². The fourth-order valence-corrected chi connectivity index (χ4v) is 4.02. The summed E-state index contributed by atoms with van der Waals surface area (Å²) < 4.78 is 0.625. The van der Waals surface area contributed by atoms with Gasteiger partial charge >= 0.3 is 5.97 Å². The number of hydrogen-bond acceptors (Lipinski definition) is 7. The number of halogens is 3. The van der Waals surface area contributed by atoms with E-state index in [1.807, 2.05) is 5.32 Å². The van der Waals surface area contributed by atoms with E-state index in [0.717, 1.165) is 0 Å². The van der Waals surface area contributed by atoms with E-state index in [0.29, 0.717) is 15.7 Å². The molecule has 0 aliphatic heterocycles. The van der Waals surface area contributed by atoms with E-state index in [1.54, 1.807) is 18.2 Å². The van der Waals surface area contributed by atoms with E-state index in [1.165, 1.54) is 24.3 Å². The minimum absolute atomic E-state index is 0.208. The van der Waals surface area contributed by atoms with Crippen LogP contribution in [-0.4, -0.2) is 43.8 Å². The Bertz CT molecular complexity index is 1440. The van der Waals surface area contributed by atoms with Crippen LogP contribution in [0.4, 0.5) is 0 Å². The molecule has 0 saturated heterocycles. The lowest BCUT2D eigenvalue weighted by Gasteiger charge is -2.18. The molecular formula is C23H19Cl3N4O7. The number of nitrogens with two attached hydrogens (primary N) is 1. The number of benzene rings is 2. The van der Waals surface area contributed by atoms with Crippen molar-refractivity contribution in [3.05, 3.63) is 90.1 Å². The van der Waals surface area contributed by atoms with Gasteiger partial charge in [-0.05, 0) is 23.8 Å². The SMILES string of the molecule is NC(NC(=O)c1c(O)c(C(=O)NCc2c(Cl)cccc2Cl)c(O)n(Cc2ccccc2Cl)c1=O)C(=O)O. The molecule has 11 nitrogen and oxygen atoms in total. The van der Waals surface area contributed by atoms with Crippen molar-refractivity contribution in [1.29, 1.82) is 0 Å². The predicted octanol–water partition coefficient (Wildman–Crippen LogP) is 2.30. The van der Waals surface area contributed by atoms with Gasteiger partial charge in [0.25, 0.3) is 17.4 Å². The molecule has 1 atom stereocenters. The zero-order valence-corrected chi connectivity index (χ0v) is 20.9. The van der Waals surface area contributed by atoms with Gasteiger partial charge in [0, 0.05) is 27.2 Å². The fraction of sp³-hybridized carbons (Fsp3) is 0.130. The summed E-state index contributed by atoms with van der Waals surface area (Å²) in [4.78, 5) is 50.0. The highest BCUT2D eigenvalue weighted by atomic mass is 35.5. The summed E-state index contributed by atoms with van der Waals surface area (Å²) in [5, 5.41) is 35.5. The van der Waals surface area contributed by atoms with Crippen molar-refractivity contribution in [2.75, 3.05) is 0 Å². The van der Waals surface area contributed by atoms with Crippen LogP contribution >= 0.6 is 34.8 Å². The van der Waals surface area contributed by atoms with Gasteiger partial charge in [-0.25, -0.2) is 4.79 Å².